The molecule has 0 aromatic heterocycles. The maximum absolute atomic E-state index is 9.49. The molecule has 5 nitrogen and oxygen atoms in total. The van der Waals surface area contributed by atoms with Crippen LogP contribution in [0.25, 0.3) is 0 Å². The monoisotopic (exact) mass is 178 g/mol. The molecular formula is C7H14O5. The van der Waals surface area contributed by atoms with E-state index in [-0.39, 0.29) is 13.0 Å². The van der Waals surface area contributed by atoms with Crippen molar-refractivity contribution in [3.05, 3.63) is 0 Å². The van der Waals surface area contributed by atoms with Gasteiger partial charge in [-0.15, -0.1) is 0 Å². The Morgan fingerprint density at radius 1 is 1.42 bits per heavy atom. The summed E-state index contributed by atoms with van der Waals surface area (Å²) in [5.41, 5.74) is 0. The Labute approximate surface area is 70.2 Å². The highest BCUT2D eigenvalue weighted by Gasteiger charge is 2.46. The first-order valence-electron chi connectivity index (χ1n) is 3.92. The molecule has 72 valence electrons. The summed E-state index contributed by atoms with van der Waals surface area (Å²) in [5, 5.41) is 37.0. The summed E-state index contributed by atoms with van der Waals surface area (Å²) in [7, 11) is 0. The molecule has 1 heterocycles. The molecule has 1 saturated heterocycles. The molecule has 12 heavy (non-hydrogen) atoms. The summed E-state index contributed by atoms with van der Waals surface area (Å²) in [6, 6.07) is 0. The van der Waals surface area contributed by atoms with Gasteiger partial charge in [-0.05, 0) is 0 Å². The van der Waals surface area contributed by atoms with Crippen molar-refractivity contribution in [2.45, 2.75) is 37.4 Å². The lowest BCUT2D eigenvalue weighted by Crippen LogP contribution is -2.60. The summed E-state index contributed by atoms with van der Waals surface area (Å²) in [6.07, 6.45) is -3.76. The lowest BCUT2D eigenvalue weighted by molar-refractivity contribution is -0.321. The van der Waals surface area contributed by atoms with Gasteiger partial charge in [0.05, 0.1) is 6.61 Å². The molecule has 0 radical (unpaired) electrons. The predicted molar refractivity (Wildman–Crippen MR) is 39.2 cm³/mol. The van der Waals surface area contributed by atoms with E-state index in [1.165, 1.54) is 0 Å². The quantitative estimate of drug-likeness (QED) is 0.380. The van der Waals surface area contributed by atoms with Crippen LogP contribution in [0.5, 0.6) is 0 Å². The first-order chi connectivity index (χ1) is 5.51. The number of aliphatic hydroxyl groups excluding tert-OH is 3. The standard InChI is InChI=1S/C7H14O5/c1-2-7(11)6(10)5(9)4(8)3-12-7/h4-6,8-11H,2-3H2,1H3. The maximum Gasteiger partial charge on any atom is 0.194 e. The summed E-state index contributed by atoms with van der Waals surface area (Å²) in [6.45, 7) is 1.45. The van der Waals surface area contributed by atoms with Crippen LogP contribution in [0.2, 0.25) is 0 Å². The minimum atomic E-state index is -1.72. The van der Waals surface area contributed by atoms with Crippen LogP contribution in [0.3, 0.4) is 0 Å². The van der Waals surface area contributed by atoms with Gasteiger partial charge < -0.3 is 25.2 Å². The first-order valence-corrected chi connectivity index (χ1v) is 3.92. The van der Waals surface area contributed by atoms with Crippen LogP contribution in [0.4, 0.5) is 0 Å². The summed E-state index contributed by atoms with van der Waals surface area (Å²) in [5.74, 6) is -1.72. The minimum absolute atomic E-state index is 0.164. The number of ether oxygens (including phenoxy) is 1. The van der Waals surface area contributed by atoms with Crippen molar-refractivity contribution in [1.82, 2.24) is 0 Å². The molecule has 1 rings (SSSR count). The largest absolute Gasteiger partial charge is 0.388 e. The fourth-order valence-electron chi connectivity index (χ4n) is 1.20. The van der Waals surface area contributed by atoms with E-state index < -0.39 is 24.1 Å². The van der Waals surface area contributed by atoms with Gasteiger partial charge >= 0.3 is 0 Å². The number of hydrogen-bond acceptors (Lipinski definition) is 5. The van der Waals surface area contributed by atoms with Crippen molar-refractivity contribution < 1.29 is 25.2 Å². The van der Waals surface area contributed by atoms with Gasteiger partial charge in [0.1, 0.15) is 18.3 Å². The van der Waals surface area contributed by atoms with E-state index in [0.29, 0.717) is 0 Å². The van der Waals surface area contributed by atoms with E-state index in [0.717, 1.165) is 0 Å². The Kier molecular flexibility index (Phi) is 2.70. The molecule has 1 aliphatic heterocycles. The Morgan fingerprint density at radius 3 is 2.50 bits per heavy atom. The highest BCUT2D eigenvalue weighted by molar-refractivity contribution is 4.90. The van der Waals surface area contributed by atoms with Crippen LogP contribution in [0.1, 0.15) is 13.3 Å². The molecule has 1 aliphatic rings. The molecule has 0 bridgehead atoms. The molecule has 4 N–H and O–H groups in total. The Bertz CT molecular complexity index is 162. The van der Waals surface area contributed by atoms with Crippen LogP contribution in [-0.2, 0) is 4.74 Å². The van der Waals surface area contributed by atoms with Crippen molar-refractivity contribution in [2.75, 3.05) is 6.61 Å². The third kappa shape index (κ3) is 1.46. The average Bonchev–Trinajstić information content (AvgIpc) is 2.09. The van der Waals surface area contributed by atoms with E-state index in [4.69, 9.17) is 9.84 Å². The van der Waals surface area contributed by atoms with Crippen LogP contribution < -0.4 is 0 Å². The van der Waals surface area contributed by atoms with Crippen molar-refractivity contribution in [3.63, 3.8) is 0 Å². The molecule has 0 aromatic rings. The van der Waals surface area contributed by atoms with Gasteiger partial charge in [-0.1, -0.05) is 6.92 Å². The zero-order chi connectivity index (χ0) is 9.35. The van der Waals surface area contributed by atoms with Crippen LogP contribution in [-0.4, -0.2) is 51.1 Å². The minimum Gasteiger partial charge on any atom is -0.388 e. The fourth-order valence-corrected chi connectivity index (χ4v) is 1.20. The predicted octanol–water partition coefficient (Wildman–Crippen LogP) is -1.80. The molecule has 4 unspecified atom stereocenters. The van der Waals surface area contributed by atoms with Crippen molar-refractivity contribution >= 4 is 0 Å². The average molecular weight is 178 g/mol. The summed E-state index contributed by atoms with van der Waals surface area (Å²) >= 11 is 0. The molecule has 5 heteroatoms. The molecule has 4 atom stereocenters. The van der Waals surface area contributed by atoms with E-state index in [9.17, 15) is 15.3 Å². The van der Waals surface area contributed by atoms with Crippen molar-refractivity contribution in [1.29, 1.82) is 0 Å². The Balaban J connectivity index is 2.71. The molecule has 1 fully saturated rings. The molecular weight excluding hydrogens is 164 g/mol. The topological polar surface area (TPSA) is 90.2 Å². The Hall–Kier alpha value is -0.200. The molecule has 0 amide bonds. The van der Waals surface area contributed by atoms with Crippen molar-refractivity contribution in [2.24, 2.45) is 0 Å². The smallest absolute Gasteiger partial charge is 0.194 e. The van der Waals surface area contributed by atoms with Crippen LogP contribution in [0, 0.1) is 0 Å². The van der Waals surface area contributed by atoms with Gasteiger partial charge in [-0.25, -0.2) is 0 Å². The lowest BCUT2D eigenvalue weighted by Gasteiger charge is -2.41. The fraction of sp³-hybridized carbons (Fsp3) is 1.00. The van der Waals surface area contributed by atoms with Gasteiger partial charge in [0.15, 0.2) is 5.79 Å². The normalized spacial score (nSPS) is 49.2. The number of rotatable bonds is 1. The van der Waals surface area contributed by atoms with Gasteiger partial charge in [-0.2, -0.15) is 0 Å². The second-order valence-corrected chi connectivity index (χ2v) is 3.01. The molecule has 0 saturated carbocycles. The SMILES string of the molecule is CCC1(O)OCC(O)C(O)C1O. The van der Waals surface area contributed by atoms with E-state index >= 15 is 0 Å². The number of aliphatic hydroxyl groups is 4. The van der Waals surface area contributed by atoms with Gasteiger partial charge in [0, 0.05) is 6.42 Å². The zero-order valence-electron chi connectivity index (χ0n) is 6.84. The van der Waals surface area contributed by atoms with Crippen LogP contribution >= 0.6 is 0 Å². The van der Waals surface area contributed by atoms with Gasteiger partial charge in [0.2, 0.25) is 0 Å². The second kappa shape index (κ2) is 3.27. The summed E-state index contributed by atoms with van der Waals surface area (Å²) < 4.78 is 4.81. The van der Waals surface area contributed by atoms with Gasteiger partial charge in [0.25, 0.3) is 0 Å². The third-order valence-corrected chi connectivity index (χ3v) is 2.19. The zero-order valence-corrected chi connectivity index (χ0v) is 6.84. The number of hydrogen-bond donors (Lipinski definition) is 4. The molecule has 0 aromatic carbocycles. The molecule has 0 aliphatic carbocycles. The lowest BCUT2D eigenvalue weighted by atomic mass is 9.95. The molecule has 0 spiro atoms. The van der Waals surface area contributed by atoms with Crippen molar-refractivity contribution in [3.8, 4) is 0 Å². The van der Waals surface area contributed by atoms with Crippen LogP contribution in [0.15, 0.2) is 0 Å². The van der Waals surface area contributed by atoms with E-state index in [1.807, 2.05) is 0 Å². The second-order valence-electron chi connectivity index (χ2n) is 3.01. The maximum atomic E-state index is 9.49. The third-order valence-electron chi connectivity index (χ3n) is 2.19. The highest BCUT2D eigenvalue weighted by atomic mass is 16.6. The first kappa shape index (κ1) is 9.88. The summed E-state index contributed by atoms with van der Waals surface area (Å²) in [4.78, 5) is 0. The Morgan fingerprint density at radius 2 is 2.00 bits per heavy atom. The van der Waals surface area contributed by atoms with E-state index in [2.05, 4.69) is 0 Å². The highest BCUT2D eigenvalue weighted by Crippen LogP contribution is 2.26. The van der Waals surface area contributed by atoms with Gasteiger partial charge in [-0.3, -0.25) is 0 Å². The van der Waals surface area contributed by atoms with E-state index in [1.54, 1.807) is 6.92 Å².